The van der Waals surface area contributed by atoms with Gasteiger partial charge in [0.15, 0.2) is 6.10 Å². The maximum absolute atomic E-state index is 13.2. The molecule has 1 aromatic rings. The molecule has 1 aromatic carbocycles. The van der Waals surface area contributed by atoms with Crippen molar-refractivity contribution in [2.24, 2.45) is 0 Å². The van der Waals surface area contributed by atoms with Crippen LogP contribution in [0.4, 0.5) is 10.1 Å². The van der Waals surface area contributed by atoms with Crippen molar-refractivity contribution in [1.82, 2.24) is 4.90 Å². The number of benzene rings is 1. The molecule has 1 N–H and O–H groups in total. The number of morpholine rings is 1. The molecule has 0 saturated carbocycles. The van der Waals surface area contributed by atoms with Crippen LogP contribution in [0.5, 0.6) is 0 Å². The van der Waals surface area contributed by atoms with E-state index in [9.17, 15) is 19.3 Å². The Kier molecular flexibility index (Phi) is 4.26. The number of rotatable bonds is 4. The molecule has 2 rings (SSSR count). The molecule has 1 heterocycles. The summed E-state index contributed by atoms with van der Waals surface area (Å²) in [6, 6.07) is 3.24. The molecule has 0 amide bonds. The number of hydrogen-bond acceptors (Lipinski definition) is 5. The number of nitro benzene ring substituents is 1. The first-order chi connectivity index (χ1) is 9.47. The Balaban J connectivity index is 2.15. The number of aliphatic carboxylic acids is 1. The van der Waals surface area contributed by atoms with Gasteiger partial charge in [0, 0.05) is 31.3 Å². The number of hydrogen-bond donors (Lipinski definition) is 1. The van der Waals surface area contributed by atoms with E-state index < -0.39 is 22.8 Å². The zero-order valence-corrected chi connectivity index (χ0v) is 10.5. The fourth-order valence-corrected chi connectivity index (χ4v) is 2.10. The van der Waals surface area contributed by atoms with E-state index >= 15 is 0 Å². The minimum absolute atomic E-state index is 0.112. The Labute approximate surface area is 113 Å². The van der Waals surface area contributed by atoms with Crippen LogP contribution in [-0.2, 0) is 16.1 Å². The van der Waals surface area contributed by atoms with Gasteiger partial charge >= 0.3 is 5.97 Å². The van der Waals surface area contributed by atoms with Crippen LogP contribution < -0.4 is 0 Å². The molecular weight excluding hydrogens is 271 g/mol. The van der Waals surface area contributed by atoms with Crippen molar-refractivity contribution in [3.63, 3.8) is 0 Å². The van der Waals surface area contributed by atoms with Crippen LogP contribution in [0, 0.1) is 15.9 Å². The van der Waals surface area contributed by atoms with E-state index in [1.807, 2.05) is 0 Å². The Hall–Kier alpha value is -2.06. The summed E-state index contributed by atoms with van der Waals surface area (Å²) in [6.07, 6.45) is -0.962. The van der Waals surface area contributed by atoms with E-state index in [1.54, 1.807) is 4.90 Å². The summed E-state index contributed by atoms with van der Waals surface area (Å²) in [5.41, 5.74) is 0.0470. The molecule has 8 heteroatoms. The molecule has 0 spiro atoms. The number of carbonyl (C=O) groups is 1. The molecule has 7 nitrogen and oxygen atoms in total. The maximum Gasteiger partial charge on any atom is 0.334 e. The number of carboxylic acids is 1. The fourth-order valence-electron chi connectivity index (χ4n) is 2.10. The highest BCUT2D eigenvalue weighted by Gasteiger charge is 2.27. The van der Waals surface area contributed by atoms with Gasteiger partial charge in [-0.15, -0.1) is 0 Å². The summed E-state index contributed by atoms with van der Waals surface area (Å²) < 4.78 is 18.3. The Morgan fingerprint density at radius 3 is 3.00 bits per heavy atom. The standard InChI is InChI=1S/C12H13FN2O5/c13-9-1-2-10(15(18)19)8(5-9)6-14-3-4-20-11(7-14)12(16)17/h1-2,5,11H,3-4,6-7H2,(H,16,17). The highest BCUT2D eigenvalue weighted by atomic mass is 19.1. The molecule has 0 radical (unpaired) electrons. The highest BCUT2D eigenvalue weighted by Crippen LogP contribution is 2.22. The van der Waals surface area contributed by atoms with Crippen molar-refractivity contribution in [1.29, 1.82) is 0 Å². The van der Waals surface area contributed by atoms with Gasteiger partial charge in [0.25, 0.3) is 5.69 Å². The molecule has 0 aliphatic carbocycles. The quantitative estimate of drug-likeness (QED) is 0.655. The van der Waals surface area contributed by atoms with E-state index in [-0.39, 0.29) is 30.9 Å². The summed E-state index contributed by atoms with van der Waals surface area (Å²) in [4.78, 5) is 22.9. The first-order valence-corrected chi connectivity index (χ1v) is 5.97. The number of carboxylic acid groups (broad SMARTS) is 1. The topological polar surface area (TPSA) is 92.9 Å². The van der Waals surface area contributed by atoms with Crippen molar-refractivity contribution in [2.75, 3.05) is 19.7 Å². The monoisotopic (exact) mass is 284 g/mol. The third-order valence-electron chi connectivity index (χ3n) is 3.06. The van der Waals surface area contributed by atoms with E-state index in [1.165, 1.54) is 0 Å². The second-order valence-electron chi connectivity index (χ2n) is 4.46. The number of nitro groups is 1. The van der Waals surface area contributed by atoms with Gasteiger partial charge in [0.05, 0.1) is 11.5 Å². The van der Waals surface area contributed by atoms with Crippen LogP contribution >= 0.6 is 0 Å². The van der Waals surface area contributed by atoms with E-state index in [2.05, 4.69) is 0 Å². The third-order valence-corrected chi connectivity index (χ3v) is 3.06. The SMILES string of the molecule is O=C(O)C1CN(Cc2cc(F)ccc2[N+](=O)[O-])CCO1. The van der Waals surface area contributed by atoms with Crippen LogP contribution in [0.15, 0.2) is 18.2 Å². The van der Waals surface area contributed by atoms with E-state index in [0.29, 0.717) is 6.54 Å². The number of ether oxygens (including phenoxy) is 1. The first-order valence-electron chi connectivity index (χ1n) is 5.97. The first kappa shape index (κ1) is 14.4. The van der Waals surface area contributed by atoms with E-state index in [0.717, 1.165) is 18.2 Å². The highest BCUT2D eigenvalue weighted by molar-refractivity contribution is 5.72. The van der Waals surface area contributed by atoms with Gasteiger partial charge < -0.3 is 9.84 Å². The largest absolute Gasteiger partial charge is 0.479 e. The van der Waals surface area contributed by atoms with Crippen molar-refractivity contribution in [3.8, 4) is 0 Å². The number of nitrogens with zero attached hydrogens (tertiary/aromatic N) is 2. The van der Waals surface area contributed by atoms with Gasteiger partial charge in [0.2, 0.25) is 0 Å². The molecule has 1 aliphatic rings. The lowest BCUT2D eigenvalue weighted by atomic mass is 10.1. The molecule has 1 fully saturated rings. The van der Waals surface area contributed by atoms with Crippen LogP contribution in [0.2, 0.25) is 0 Å². The average molecular weight is 284 g/mol. The molecule has 0 aromatic heterocycles. The van der Waals surface area contributed by atoms with Crippen molar-refractivity contribution >= 4 is 11.7 Å². The maximum atomic E-state index is 13.2. The number of halogens is 1. The minimum Gasteiger partial charge on any atom is -0.479 e. The molecule has 0 bridgehead atoms. The van der Waals surface area contributed by atoms with Gasteiger partial charge in [-0.25, -0.2) is 9.18 Å². The van der Waals surface area contributed by atoms with Crippen molar-refractivity contribution < 1.29 is 24.0 Å². The lowest BCUT2D eigenvalue weighted by Gasteiger charge is -2.30. The normalized spacial score (nSPS) is 19.8. The summed E-state index contributed by atoms with van der Waals surface area (Å²) in [5.74, 6) is -1.64. The van der Waals surface area contributed by atoms with Crippen LogP contribution in [0.3, 0.4) is 0 Å². The van der Waals surface area contributed by atoms with Crippen molar-refractivity contribution in [3.05, 3.63) is 39.7 Å². The molecule has 1 atom stereocenters. The Morgan fingerprint density at radius 1 is 1.60 bits per heavy atom. The smallest absolute Gasteiger partial charge is 0.334 e. The van der Waals surface area contributed by atoms with E-state index in [4.69, 9.17) is 9.84 Å². The summed E-state index contributed by atoms with van der Waals surface area (Å²) >= 11 is 0. The molecular formula is C12H13FN2O5. The Morgan fingerprint density at radius 2 is 2.35 bits per heavy atom. The third kappa shape index (κ3) is 3.28. The van der Waals surface area contributed by atoms with Crippen molar-refractivity contribution in [2.45, 2.75) is 12.6 Å². The van der Waals surface area contributed by atoms with Gasteiger partial charge in [-0.3, -0.25) is 15.0 Å². The molecule has 1 aliphatic heterocycles. The Bertz CT molecular complexity index is 537. The molecule has 108 valence electrons. The summed E-state index contributed by atoms with van der Waals surface area (Å²) in [5, 5.41) is 19.8. The molecule has 1 unspecified atom stereocenters. The second-order valence-corrected chi connectivity index (χ2v) is 4.46. The van der Waals surface area contributed by atoms with Gasteiger partial charge in [-0.2, -0.15) is 0 Å². The predicted molar refractivity (Wildman–Crippen MR) is 65.7 cm³/mol. The zero-order valence-electron chi connectivity index (χ0n) is 10.5. The lowest BCUT2D eigenvalue weighted by molar-refractivity contribution is -0.385. The van der Waals surface area contributed by atoms with Gasteiger partial charge in [-0.1, -0.05) is 0 Å². The summed E-state index contributed by atoms with van der Waals surface area (Å²) in [6.45, 7) is 0.891. The van der Waals surface area contributed by atoms with Crippen LogP contribution in [0.1, 0.15) is 5.56 Å². The van der Waals surface area contributed by atoms with Gasteiger partial charge in [0.1, 0.15) is 5.82 Å². The molecule has 1 saturated heterocycles. The second kappa shape index (κ2) is 5.93. The minimum atomic E-state index is -1.08. The fraction of sp³-hybridized carbons (Fsp3) is 0.417. The summed E-state index contributed by atoms with van der Waals surface area (Å²) in [7, 11) is 0. The van der Waals surface area contributed by atoms with Gasteiger partial charge in [-0.05, 0) is 12.1 Å². The average Bonchev–Trinajstić information content (AvgIpc) is 2.38. The predicted octanol–water partition coefficient (Wildman–Crippen LogP) is 1.02. The van der Waals surface area contributed by atoms with Crippen LogP contribution in [0.25, 0.3) is 0 Å². The molecule has 20 heavy (non-hydrogen) atoms. The van der Waals surface area contributed by atoms with Crippen LogP contribution in [-0.4, -0.2) is 46.7 Å². The lowest BCUT2D eigenvalue weighted by Crippen LogP contribution is -2.45. The zero-order chi connectivity index (χ0) is 14.7.